The maximum absolute atomic E-state index is 5.94. The van der Waals surface area contributed by atoms with E-state index in [4.69, 9.17) is 4.74 Å². The molecule has 0 spiro atoms. The lowest BCUT2D eigenvalue weighted by Gasteiger charge is -2.09. The molecular weight excluding hydrogens is 246 g/mol. The number of ether oxygens (including phenoxy) is 1. The zero-order valence-corrected chi connectivity index (χ0v) is 12.0. The van der Waals surface area contributed by atoms with E-state index in [0.717, 1.165) is 24.8 Å². The zero-order chi connectivity index (χ0) is 13.6. The van der Waals surface area contributed by atoms with Crippen LogP contribution >= 0.6 is 0 Å². The largest absolute Gasteiger partial charge is 0.493 e. The van der Waals surface area contributed by atoms with Gasteiger partial charge in [-0.05, 0) is 50.1 Å². The molecule has 1 saturated carbocycles. The van der Waals surface area contributed by atoms with Crippen molar-refractivity contribution in [2.24, 2.45) is 0 Å². The van der Waals surface area contributed by atoms with Crippen LogP contribution in [0.15, 0.2) is 42.5 Å². The molecule has 0 atom stereocenters. The van der Waals surface area contributed by atoms with Gasteiger partial charge in [-0.3, -0.25) is 0 Å². The van der Waals surface area contributed by atoms with E-state index < -0.39 is 0 Å². The summed E-state index contributed by atoms with van der Waals surface area (Å²) in [7, 11) is 0. The maximum Gasteiger partial charge on any atom is 0.127 e. The summed E-state index contributed by atoms with van der Waals surface area (Å²) < 4.78 is 5.94. The Hall–Kier alpha value is -1.54. The van der Waals surface area contributed by atoms with E-state index in [2.05, 4.69) is 47.8 Å². The van der Waals surface area contributed by atoms with Crippen molar-refractivity contribution in [1.29, 1.82) is 0 Å². The first-order valence-corrected chi connectivity index (χ1v) is 7.77. The van der Waals surface area contributed by atoms with Gasteiger partial charge in [0.2, 0.25) is 0 Å². The first-order chi connectivity index (χ1) is 9.93. The van der Waals surface area contributed by atoms with Crippen molar-refractivity contribution in [3.05, 3.63) is 42.5 Å². The summed E-state index contributed by atoms with van der Waals surface area (Å²) in [6.45, 7) is 1.98. The van der Waals surface area contributed by atoms with Crippen LogP contribution in [-0.4, -0.2) is 19.2 Å². The number of rotatable bonds is 8. The number of hydrogen-bond acceptors (Lipinski definition) is 2. The van der Waals surface area contributed by atoms with Crippen molar-refractivity contribution in [2.75, 3.05) is 13.2 Å². The molecule has 0 unspecified atom stereocenters. The van der Waals surface area contributed by atoms with E-state index in [1.165, 1.54) is 43.0 Å². The van der Waals surface area contributed by atoms with Gasteiger partial charge in [-0.2, -0.15) is 0 Å². The van der Waals surface area contributed by atoms with Crippen molar-refractivity contribution >= 4 is 10.8 Å². The van der Waals surface area contributed by atoms with Gasteiger partial charge in [-0.25, -0.2) is 0 Å². The number of fused-ring (bicyclic) bond motifs is 1. The molecule has 2 aromatic carbocycles. The van der Waals surface area contributed by atoms with Gasteiger partial charge >= 0.3 is 0 Å². The normalized spacial score (nSPS) is 14.6. The van der Waals surface area contributed by atoms with Crippen molar-refractivity contribution in [2.45, 2.75) is 38.1 Å². The lowest BCUT2D eigenvalue weighted by atomic mass is 10.1. The van der Waals surface area contributed by atoms with E-state index in [-0.39, 0.29) is 0 Å². The van der Waals surface area contributed by atoms with Crippen molar-refractivity contribution < 1.29 is 4.74 Å². The molecule has 1 fully saturated rings. The van der Waals surface area contributed by atoms with Gasteiger partial charge in [0.05, 0.1) is 6.61 Å². The van der Waals surface area contributed by atoms with Crippen molar-refractivity contribution in [3.63, 3.8) is 0 Å². The molecule has 0 radical (unpaired) electrons. The SMILES string of the molecule is c1ccc2c(OCCCCCNC3CC3)cccc2c1. The third-order valence-corrected chi connectivity index (χ3v) is 3.84. The molecule has 0 amide bonds. The highest BCUT2D eigenvalue weighted by molar-refractivity contribution is 5.88. The predicted octanol–water partition coefficient (Wildman–Crippen LogP) is 4.14. The van der Waals surface area contributed by atoms with E-state index >= 15 is 0 Å². The third-order valence-electron chi connectivity index (χ3n) is 3.84. The molecule has 2 heteroatoms. The summed E-state index contributed by atoms with van der Waals surface area (Å²) in [5.41, 5.74) is 0. The molecule has 0 heterocycles. The van der Waals surface area contributed by atoms with Crippen molar-refractivity contribution in [3.8, 4) is 5.75 Å². The van der Waals surface area contributed by atoms with Crippen LogP contribution in [0.2, 0.25) is 0 Å². The average molecular weight is 269 g/mol. The van der Waals surface area contributed by atoms with Crippen LogP contribution in [0.25, 0.3) is 10.8 Å². The van der Waals surface area contributed by atoms with Gasteiger partial charge in [0.15, 0.2) is 0 Å². The van der Waals surface area contributed by atoms with Crippen LogP contribution < -0.4 is 10.1 Å². The van der Waals surface area contributed by atoms with Gasteiger partial charge in [0.1, 0.15) is 5.75 Å². The molecule has 0 aliphatic heterocycles. The fraction of sp³-hybridized carbons (Fsp3) is 0.444. The minimum absolute atomic E-state index is 0.817. The molecule has 0 bridgehead atoms. The molecule has 1 aliphatic carbocycles. The molecule has 106 valence electrons. The predicted molar refractivity (Wildman–Crippen MR) is 84.3 cm³/mol. The first-order valence-electron chi connectivity index (χ1n) is 7.77. The molecule has 20 heavy (non-hydrogen) atoms. The number of nitrogens with one attached hydrogen (secondary N) is 1. The monoisotopic (exact) mass is 269 g/mol. The van der Waals surface area contributed by atoms with E-state index in [1.807, 2.05) is 0 Å². The Balaban J connectivity index is 1.40. The van der Waals surface area contributed by atoms with E-state index in [0.29, 0.717) is 0 Å². The Morgan fingerprint density at radius 1 is 0.950 bits per heavy atom. The van der Waals surface area contributed by atoms with Gasteiger partial charge in [0, 0.05) is 11.4 Å². The summed E-state index contributed by atoms with van der Waals surface area (Å²) >= 11 is 0. The highest BCUT2D eigenvalue weighted by Crippen LogP contribution is 2.25. The standard InChI is InChI=1S/C18H23NO/c1(4-13-19-16-11-12-16)5-14-20-18-10-6-8-15-7-2-3-9-17(15)18/h2-3,6-10,16,19H,1,4-5,11-14H2. The first kappa shape index (κ1) is 13.4. The molecule has 0 aromatic heterocycles. The smallest absolute Gasteiger partial charge is 0.127 e. The van der Waals surface area contributed by atoms with E-state index in [1.54, 1.807) is 0 Å². The summed E-state index contributed by atoms with van der Waals surface area (Å²) in [6.07, 6.45) is 6.39. The van der Waals surface area contributed by atoms with Crippen LogP contribution in [0.1, 0.15) is 32.1 Å². The molecule has 2 aromatic rings. The summed E-state index contributed by atoms with van der Waals surface area (Å²) in [6, 6.07) is 15.5. The lowest BCUT2D eigenvalue weighted by molar-refractivity contribution is 0.308. The average Bonchev–Trinajstić information content (AvgIpc) is 3.30. The highest BCUT2D eigenvalue weighted by atomic mass is 16.5. The quantitative estimate of drug-likeness (QED) is 0.727. The summed E-state index contributed by atoms with van der Waals surface area (Å²) in [5, 5.41) is 6.01. The second-order valence-electron chi connectivity index (χ2n) is 5.61. The van der Waals surface area contributed by atoms with Gasteiger partial charge in [-0.15, -0.1) is 0 Å². The lowest BCUT2D eigenvalue weighted by Crippen LogP contribution is -2.17. The maximum atomic E-state index is 5.94. The zero-order valence-electron chi connectivity index (χ0n) is 12.0. The molecule has 2 nitrogen and oxygen atoms in total. The van der Waals surface area contributed by atoms with Crippen LogP contribution in [0.5, 0.6) is 5.75 Å². The van der Waals surface area contributed by atoms with Crippen LogP contribution in [-0.2, 0) is 0 Å². The van der Waals surface area contributed by atoms with Crippen LogP contribution in [0, 0.1) is 0 Å². The minimum atomic E-state index is 0.817. The number of benzene rings is 2. The Labute approximate surface area is 121 Å². The number of unbranched alkanes of at least 4 members (excludes halogenated alkanes) is 2. The molecule has 0 saturated heterocycles. The highest BCUT2D eigenvalue weighted by Gasteiger charge is 2.19. The Kier molecular flexibility index (Phi) is 4.54. The van der Waals surface area contributed by atoms with E-state index in [9.17, 15) is 0 Å². The Morgan fingerprint density at radius 2 is 1.80 bits per heavy atom. The summed E-state index contributed by atoms with van der Waals surface area (Å²) in [5.74, 6) is 1.01. The third kappa shape index (κ3) is 3.73. The van der Waals surface area contributed by atoms with Crippen molar-refractivity contribution in [1.82, 2.24) is 5.32 Å². The number of hydrogen-bond donors (Lipinski definition) is 1. The van der Waals surface area contributed by atoms with Gasteiger partial charge < -0.3 is 10.1 Å². The fourth-order valence-corrected chi connectivity index (χ4v) is 2.50. The Morgan fingerprint density at radius 3 is 2.70 bits per heavy atom. The van der Waals surface area contributed by atoms with Crippen LogP contribution in [0.4, 0.5) is 0 Å². The molecule has 1 N–H and O–H groups in total. The van der Waals surface area contributed by atoms with Gasteiger partial charge in [0.25, 0.3) is 0 Å². The molecule has 3 rings (SSSR count). The molecule has 1 aliphatic rings. The fourth-order valence-electron chi connectivity index (χ4n) is 2.50. The van der Waals surface area contributed by atoms with Gasteiger partial charge in [-0.1, -0.05) is 36.4 Å². The molecular formula is C18H23NO. The summed E-state index contributed by atoms with van der Waals surface area (Å²) in [4.78, 5) is 0. The minimum Gasteiger partial charge on any atom is -0.493 e. The Bertz CT molecular complexity index is 543. The topological polar surface area (TPSA) is 21.3 Å². The second-order valence-corrected chi connectivity index (χ2v) is 5.61. The van der Waals surface area contributed by atoms with Crippen LogP contribution in [0.3, 0.4) is 0 Å². The second kappa shape index (κ2) is 6.76.